The highest BCUT2D eigenvalue weighted by Crippen LogP contribution is 2.27. The summed E-state index contributed by atoms with van der Waals surface area (Å²) >= 11 is 0. The van der Waals surface area contributed by atoms with Crippen LogP contribution in [0.1, 0.15) is 5.56 Å². The Hall–Kier alpha value is -3.28. The number of nitro benzene ring substituents is 1. The first kappa shape index (κ1) is 13.4. The number of rotatable bonds is 2. The maximum Gasteiger partial charge on any atom is 0.270 e. The first-order valence-corrected chi connectivity index (χ1v) is 7.13. The molecule has 6 nitrogen and oxygen atoms in total. The SMILES string of the molecule is Cc1cc2nnc(-c3cccc([N+](=O)[O-])c3)n2c2ccccc12. The molecule has 0 amide bonds. The number of nitro groups is 1. The maximum absolute atomic E-state index is 11.0. The molecule has 0 aliphatic carbocycles. The molecule has 0 N–H and O–H groups in total. The zero-order valence-electron chi connectivity index (χ0n) is 12.3. The topological polar surface area (TPSA) is 73.3 Å². The largest absolute Gasteiger partial charge is 0.275 e. The Morgan fingerprint density at radius 2 is 1.87 bits per heavy atom. The third-order valence-electron chi connectivity index (χ3n) is 3.92. The van der Waals surface area contributed by atoms with E-state index in [9.17, 15) is 10.1 Å². The molecule has 0 bridgehead atoms. The van der Waals surface area contributed by atoms with Crippen LogP contribution in [0.3, 0.4) is 0 Å². The summed E-state index contributed by atoms with van der Waals surface area (Å²) in [5.41, 5.74) is 3.53. The summed E-state index contributed by atoms with van der Waals surface area (Å²) in [6, 6.07) is 16.4. The van der Waals surface area contributed by atoms with Crippen LogP contribution in [0, 0.1) is 17.0 Å². The van der Waals surface area contributed by atoms with E-state index in [0.29, 0.717) is 11.4 Å². The van der Waals surface area contributed by atoms with Gasteiger partial charge in [0.05, 0.1) is 10.4 Å². The number of benzene rings is 2. The second-order valence-electron chi connectivity index (χ2n) is 5.37. The van der Waals surface area contributed by atoms with Gasteiger partial charge in [0.25, 0.3) is 5.69 Å². The molecule has 112 valence electrons. The van der Waals surface area contributed by atoms with Crippen LogP contribution in [0.2, 0.25) is 0 Å². The van der Waals surface area contributed by atoms with Crippen molar-refractivity contribution in [1.82, 2.24) is 14.6 Å². The molecule has 0 aliphatic rings. The number of aryl methyl sites for hydroxylation is 1. The first-order chi connectivity index (χ1) is 11.1. The van der Waals surface area contributed by atoms with Crippen molar-refractivity contribution in [3.63, 3.8) is 0 Å². The Morgan fingerprint density at radius 3 is 2.70 bits per heavy atom. The summed E-state index contributed by atoms with van der Waals surface area (Å²) in [6.07, 6.45) is 0. The van der Waals surface area contributed by atoms with Gasteiger partial charge in [-0.1, -0.05) is 30.3 Å². The van der Waals surface area contributed by atoms with Gasteiger partial charge in [0.15, 0.2) is 11.5 Å². The molecular formula is C17H12N4O2. The number of hydrogen-bond acceptors (Lipinski definition) is 4. The van der Waals surface area contributed by atoms with Crippen molar-refractivity contribution >= 4 is 22.2 Å². The van der Waals surface area contributed by atoms with Gasteiger partial charge in [-0.15, -0.1) is 10.2 Å². The standard InChI is InChI=1S/C17H12N4O2/c1-11-9-16-18-19-17(12-5-4-6-13(10-12)21(22)23)20(16)15-8-3-2-7-14(11)15/h2-10H,1H3. The van der Waals surface area contributed by atoms with Crippen LogP contribution in [0.25, 0.3) is 27.9 Å². The van der Waals surface area contributed by atoms with Crippen LogP contribution in [0.15, 0.2) is 54.6 Å². The van der Waals surface area contributed by atoms with Gasteiger partial charge in [-0.05, 0) is 24.6 Å². The van der Waals surface area contributed by atoms with Crippen molar-refractivity contribution < 1.29 is 4.92 Å². The third kappa shape index (κ3) is 2.03. The van der Waals surface area contributed by atoms with Gasteiger partial charge in [-0.3, -0.25) is 14.5 Å². The molecule has 0 fully saturated rings. The molecule has 4 rings (SSSR count). The quantitative estimate of drug-likeness (QED) is 0.417. The number of pyridine rings is 1. The van der Waals surface area contributed by atoms with Crippen LogP contribution in [-0.4, -0.2) is 19.5 Å². The van der Waals surface area contributed by atoms with E-state index >= 15 is 0 Å². The zero-order valence-corrected chi connectivity index (χ0v) is 12.3. The average molecular weight is 304 g/mol. The highest BCUT2D eigenvalue weighted by molar-refractivity contribution is 5.87. The molecule has 0 spiro atoms. The highest BCUT2D eigenvalue weighted by Gasteiger charge is 2.15. The van der Waals surface area contributed by atoms with Gasteiger partial charge >= 0.3 is 0 Å². The molecular weight excluding hydrogens is 292 g/mol. The fourth-order valence-electron chi connectivity index (χ4n) is 2.85. The van der Waals surface area contributed by atoms with Crippen molar-refractivity contribution in [3.05, 3.63) is 70.3 Å². The average Bonchev–Trinajstić information content (AvgIpc) is 2.99. The number of non-ortho nitro benzene ring substituents is 1. The monoisotopic (exact) mass is 304 g/mol. The van der Waals surface area contributed by atoms with Crippen LogP contribution >= 0.6 is 0 Å². The molecule has 6 heteroatoms. The first-order valence-electron chi connectivity index (χ1n) is 7.13. The Balaban J connectivity index is 2.07. The normalized spacial score (nSPS) is 11.2. The minimum Gasteiger partial charge on any atom is -0.275 e. The molecule has 2 aromatic heterocycles. The lowest BCUT2D eigenvalue weighted by Gasteiger charge is -2.07. The van der Waals surface area contributed by atoms with E-state index in [2.05, 4.69) is 10.2 Å². The molecule has 23 heavy (non-hydrogen) atoms. The van der Waals surface area contributed by atoms with Gasteiger partial charge in [-0.25, -0.2) is 0 Å². The summed E-state index contributed by atoms with van der Waals surface area (Å²) in [5, 5.41) is 20.6. The molecule has 0 aliphatic heterocycles. The molecule has 0 radical (unpaired) electrons. The Kier molecular flexibility index (Phi) is 2.84. The molecule has 0 unspecified atom stereocenters. The number of para-hydroxylation sites is 1. The zero-order chi connectivity index (χ0) is 16.0. The molecule has 0 saturated heterocycles. The molecule has 2 aromatic carbocycles. The number of hydrogen-bond donors (Lipinski definition) is 0. The lowest BCUT2D eigenvalue weighted by Crippen LogP contribution is -1.95. The minimum atomic E-state index is -0.408. The smallest absolute Gasteiger partial charge is 0.270 e. The van der Waals surface area contributed by atoms with Crippen LogP contribution in [-0.2, 0) is 0 Å². The van der Waals surface area contributed by atoms with E-state index in [1.165, 1.54) is 12.1 Å². The summed E-state index contributed by atoms with van der Waals surface area (Å²) < 4.78 is 1.93. The van der Waals surface area contributed by atoms with E-state index in [1.807, 2.05) is 41.7 Å². The van der Waals surface area contributed by atoms with Gasteiger partial charge in [0.1, 0.15) is 0 Å². The van der Waals surface area contributed by atoms with Crippen LogP contribution < -0.4 is 0 Å². The summed E-state index contributed by atoms with van der Waals surface area (Å²) in [5.74, 6) is 0.597. The second kappa shape index (κ2) is 4.88. The molecule has 0 saturated carbocycles. The van der Waals surface area contributed by atoms with Crippen molar-refractivity contribution in [2.24, 2.45) is 0 Å². The van der Waals surface area contributed by atoms with Gasteiger partial charge in [0.2, 0.25) is 0 Å². The van der Waals surface area contributed by atoms with Gasteiger partial charge < -0.3 is 0 Å². The molecule has 2 heterocycles. The lowest BCUT2D eigenvalue weighted by molar-refractivity contribution is -0.384. The van der Waals surface area contributed by atoms with E-state index in [4.69, 9.17) is 0 Å². The fraction of sp³-hybridized carbons (Fsp3) is 0.0588. The van der Waals surface area contributed by atoms with Crippen molar-refractivity contribution in [2.75, 3.05) is 0 Å². The Bertz CT molecular complexity index is 1070. The minimum absolute atomic E-state index is 0.0377. The van der Waals surface area contributed by atoms with E-state index in [0.717, 1.165) is 22.1 Å². The van der Waals surface area contributed by atoms with Crippen molar-refractivity contribution in [1.29, 1.82) is 0 Å². The maximum atomic E-state index is 11.0. The number of fused-ring (bicyclic) bond motifs is 3. The summed E-state index contributed by atoms with van der Waals surface area (Å²) in [7, 11) is 0. The van der Waals surface area contributed by atoms with Gasteiger partial charge in [0, 0.05) is 23.1 Å². The second-order valence-corrected chi connectivity index (χ2v) is 5.37. The predicted molar refractivity (Wildman–Crippen MR) is 87.3 cm³/mol. The van der Waals surface area contributed by atoms with Crippen LogP contribution in [0.4, 0.5) is 5.69 Å². The fourth-order valence-corrected chi connectivity index (χ4v) is 2.85. The highest BCUT2D eigenvalue weighted by atomic mass is 16.6. The Morgan fingerprint density at radius 1 is 1.04 bits per heavy atom. The van der Waals surface area contributed by atoms with Crippen molar-refractivity contribution in [2.45, 2.75) is 6.92 Å². The predicted octanol–water partition coefficient (Wildman–Crippen LogP) is 3.77. The molecule has 4 aromatic rings. The number of nitrogens with zero attached hydrogens (tertiary/aromatic N) is 4. The number of aromatic nitrogens is 3. The Labute approximate surface area is 131 Å². The lowest BCUT2D eigenvalue weighted by atomic mass is 10.1. The van der Waals surface area contributed by atoms with E-state index in [-0.39, 0.29) is 5.69 Å². The van der Waals surface area contributed by atoms with E-state index < -0.39 is 4.92 Å². The molecule has 0 atom stereocenters. The van der Waals surface area contributed by atoms with Crippen LogP contribution in [0.5, 0.6) is 0 Å². The van der Waals surface area contributed by atoms with E-state index in [1.54, 1.807) is 12.1 Å². The summed E-state index contributed by atoms with van der Waals surface area (Å²) in [6.45, 7) is 2.03. The van der Waals surface area contributed by atoms with Gasteiger partial charge in [-0.2, -0.15) is 0 Å². The third-order valence-corrected chi connectivity index (χ3v) is 3.92. The summed E-state index contributed by atoms with van der Waals surface area (Å²) in [4.78, 5) is 10.6. The van der Waals surface area contributed by atoms with Crippen molar-refractivity contribution in [3.8, 4) is 11.4 Å².